The Hall–Kier alpha value is -0.770. The maximum Gasteiger partial charge on any atom is 0.410 e. The molecule has 4 heteroatoms. The van der Waals surface area contributed by atoms with Crippen LogP contribution in [0.3, 0.4) is 0 Å². The third-order valence-electron chi connectivity index (χ3n) is 5.30. The van der Waals surface area contributed by atoms with E-state index in [0.29, 0.717) is 12.0 Å². The largest absolute Gasteiger partial charge is 0.444 e. The number of ether oxygens (including phenoxy) is 1. The van der Waals surface area contributed by atoms with Crippen molar-refractivity contribution < 1.29 is 9.53 Å². The smallest absolute Gasteiger partial charge is 0.410 e. The zero-order valence-electron chi connectivity index (χ0n) is 15.7. The molecule has 1 N–H and O–H groups in total. The highest BCUT2D eigenvalue weighted by molar-refractivity contribution is 5.68. The molecular formula is C19H36N2O2. The summed E-state index contributed by atoms with van der Waals surface area (Å²) in [4.78, 5) is 14.1. The molecule has 1 saturated carbocycles. The minimum atomic E-state index is -0.407. The summed E-state index contributed by atoms with van der Waals surface area (Å²) in [7, 11) is 0. The van der Waals surface area contributed by atoms with Gasteiger partial charge in [-0.15, -0.1) is 0 Å². The first-order chi connectivity index (χ1) is 10.7. The fourth-order valence-corrected chi connectivity index (χ4v) is 3.86. The molecule has 2 rings (SSSR count). The molecule has 2 aliphatic rings. The Kier molecular flexibility index (Phi) is 6.35. The highest BCUT2D eigenvalue weighted by atomic mass is 16.6. The van der Waals surface area contributed by atoms with Crippen molar-refractivity contribution in [2.75, 3.05) is 19.6 Å². The summed E-state index contributed by atoms with van der Waals surface area (Å²) in [6.45, 7) is 13.2. The molecule has 0 bridgehead atoms. The average molecular weight is 325 g/mol. The van der Waals surface area contributed by atoms with Crippen molar-refractivity contribution in [1.82, 2.24) is 10.2 Å². The van der Waals surface area contributed by atoms with E-state index in [4.69, 9.17) is 4.74 Å². The van der Waals surface area contributed by atoms with Gasteiger partial charge in [0.05, 0.1) is 0 Å². The molecular weight excluding hydrogens is 288 g/mol. The van der Waals surface area contributed by atoms with Crippen LogP contribution in [0, 0.1) is 17.8 Å². The van der Waals surface area contributed by atoms with Crippen molar-refractivity contribution in [3.63, 3.8) is 0 Å². The number of likely N-dealkylation sites (tertiary alicyclic amines) is 1. The lowest BCUT2D eigenvalue weighted by Gasteiger charge is -2.37. The third-order valence-corrected chi connectivity index (χ3v) is 5.30. The molecule has 1 heterocycles. The normalized spacial score (nSPS) is 32.7. The van der Waals surface area contributed by atoms with Crippen LogP contribution in [-0.4, -0.2) is 42.3 Å². The maximum absolute atomic E-state index is 12.2. The van der Waals surface area contributed by atoms with Crippen LogP contribution in [0.1, 0.15) is 66.7 Å². The van der Waals surface area contributed by atoms with Gasteiger partial charge in [-0.25, -0.2) is 4.79 Å². The number of nitrogens with one attached hydrogen (secondary N) is 1. The molecule has 1 amide bonds. The zero-order valence-corrected chi connectivity index (χ0v) is 15.7. The maximum atomic E-state index is 12.2. The fraction of sp³-hybridized carbons (Fsp3) is 0.947. The molecule has 23 heavy (non-hydrogen) atoms. The van der Waals surface area contributed by atoms with Crippen molar-refractivity contribution in [2.24, 2.45) is 17.8 Å². The van der Waals surface area contributed by atoms with Crippen LogP contribution < -0.4 is 5.32 Å². The van der Waals surface area contributed by atoms with Crippen LogP contribution in [0.2, 0.25) is 0 Å². The first-order valence-electron chi connectivity index (χ1n) is 9.46. The number of carbonyl (C=O) groups is 1. The van der Waals surface area contributed by atoms with Gasteiger partial charge in [0.25, 0.3) is 0 Å². The van der Waals surface area contributed by atoms with Crippen molar-refractivity contribution in [2.45, 2.75) is 78.4 Å². The number of hydrogen-bond acceptors (Lipinski definition) is 3. The van der Waals surface area contributed by atoms with Crippen LogP contribution in [-0.2, 0) is 4.74 Å². The van der Waals surface area contributed by atoms with E-state index in [0.717, 1.165) is 37.9 Å². The molecule has 0 aromatic heterocycles. The molecule has 4 atom stereocenters. The Morgan fingerprint density at radius 2 is 1.96 bits per heavy atom. The first-order valence-corrected chi connectivity index (χ1v) is 9.46. The fourth-order valence-electron chi connectivity index (χ4n) is 3.86. The lowest BCUT2D eigenvalue weighted by molar-refractivity contribution is 0.0163. The van der Waals surface area contributed by atoms with Crippen molar-refractivity contribution in [3.05, 3.63) is 0 Å². The van der Waals surface area contributed by atoms with Gasteiger partial charge in [-0.05, 0) is 70.8 Å². The molecule has 0 aromatic carbocycles. The van der Waals surface area contributed by atoms with E-state index in [1.165, 1.54) is 25.7 Å². The SMILES string of the molecule is CC1CCC(C)C(NCC2CCCN(C(=O)OC(C)(C)C)C2)C1. The summed E-state index contributed by atoms with van der Waals surface area (Å²) in [5.74, 6) is 2.17. The highest BCUT2D eigenvalue weighted by Gasteiger charge is 2.29. The van der Waals surface area contributed by atoms with Crippen LogP contribution in [0.15, 0.2) is 0 Å². The van der Waals surface area contributed by atoms with Crippen molar-refractivity contribution in [3.8, 4) is 0 Å². The van der Waals surface area contributed by atoms with E-state index in [1.54, 1.807) is 0 Å². The van der Waals surface area contributed by atoms with E-state index in [1.807, 2.05) is 25.7 Å². The molecule has 4 nitrogen and oxygen atoms in total. The predicted octanol–water partition coefficient (Wildman–Crippen LogP) is 4.05. The summed E-state index contributed by atoms with van der Waals surface area (Å²) in [5.41, 5.74) is -0.407. The van der Waals surface area contributed by atoms with Crippen LogP contribution in [0.25, 0.3) is 0 Å². The van der Waals surface area contributed by atoms with Crippen LogP contribution in [0.4, 0.5) is 4.79 Å². The van der Waals surface area contributed by atoms with E-state index >= 15 is 0 Å². The lowest BCUT2D eigenvalue weighted by Crippen LogP contribution is -2.47. The van der Waals surface area contributed by atoms with E-state index in [-0.39, 0.29) is 6.09 Å². The number of piperidine rings is 1. The first kappa shape index (κ1) is 18.6. The zero-order chi connectivity index (χ0) is 17.0. The summed E-state index contributed by atoms with van der Waals surface area (Å²) in [5, 5.41) is 3.80. The van der Waals surface area contributed by atoms with Gasteiger partial charge in [0.15, 0.2) is 0 Å². The summed E-state index contributed by atoms with van der Waals surface area (Å²) in [6.07, 6.45) is 6.15. The summed E-state index contributed by atoms with van der Waals surface area (Å²) < 4.78 is 5.52. The summed E-state index contributed by atoms with van der Waals surface area (Å²) >= 11 is 0. The summed E-state index contributed by atoms with van der Waals surface area (Å²) in [6, 6.07) is 0.649. The number of amides is 1. The van der Waals surface area contributed by atoms with E-state index in [2.05, 4.69) is 19.2 Å². The van der Waals surface area contributed by atoms with Gasteiger partial charge in [-0.2, -0.15) is 0 Å². The topological polar surface area (TPSA) is 41.6 Å². The Morgan fingerprint density at radius 1 is 1.22 bits per heavy atom. The van der Waals surface area contributed by atoms with Gasteiger partial charge in [-0.1, -0.05) is 20.3 Å². The number of nitrogens with zero attached hydrogens (tertiary/aromatic N) is 1. The molecule has 134 valence electrons. The second-order valence-electron chi connectivity index (χ2n) is 8.84. The molecule has 0 radical (unpaired) electrons. The van der Waals surface area contributed by atoms with Gasteiger partial charge in [-0.3, -0.25) is 0 Å². The van der Waals surface area contributed by atoms with Crippen molar-refractivity contribution >= 4 is 6.09 Å². The lowest BCUT2D eigenvalue weighted by atomic mass is 9.80. The van der Waals surface area contributed by atoms with Crippen LogP contribution in [0.5, 0.6) is 0 Å². The van der Waals surface area contributed by atoms with Crippen LogP contribution >= 0.6 is 0 Å². The Bertz CT molecular complexity index is 391. The van der Waals surface area contributed by atoms with Gasteiger partial charge in [0.2, 0.25) is 0 Å². The minimum Gasteiger partial charge on any atom is -0.444 e. The number of rotatable bonds is 3. The highest BCUT2D eigenvalue weighted by Crippen LogP contribution is 2.29. The molecule has 0 spiro atoms. The van der Waals surface area contributed by atoms with Gasteiger partial charge in [0.1, 0.15) is 5.60 Å². The monoisotopic (exact) mass is 324 g/mol. The second-order valence-corrected chi connectivity index (χ2v) is 8.84. The molecule has 1 aliphatic heterocycles. The Labute approximate surface area is 142 Å². The minimum absolute atomic E-state index is 0.151. The Morgan fingerprint density at radius 3 is 2.65 bits per heavy atom. The quantitative estimate of drug-likeness (QED) is 0.851. The number of carbonyl (C=O) groups excluding carboxylic acids is 1. The standard InChI is InChI=1S/C19H36N2O2/c1-14-8-9-15(2)17(11-14)20-12-16-7-6-10-21(13-16)18(22)23-19(3,4)5/h14-17,20H,6-13H2,1-5H3. The van der Waals surface area contributed by atoms with Gasteiger partial charge >= 0.3 is 6.09 Å². The number of hydrogen-bond donors (Lipinski definition) is 1. The third kappa shape index (κ3) is 5.98. The molecule has 2 fully saturated rings. The average Bonchev–Trinajstić information content (AvgIpc) is 2.47. The predicted molar refractivity (Wildman–Crippen MR) is 94.5 cm³/mol. The van der Waals surface area contributed by atoms with E-state index in [9.17, 15) is 4.79 Å². The Balaban J connectivity index is 1.78. The van der Waals surface area contributed by atoms with Crippen molar-refractivity contribution in [1.29, 1.82) is 0 Å². The second kappa shape index (κ2) is 7.87. The molecule has 0 aromatic rings. The van der Waals surface area contributed by atoms with Gasteiger partial charge < -0.3 is 15.0 Å². The molecule has 4 unspecified atom stereocenters. The van der Waals surface area contributed by atoms with Gasteiger partial charge in [0, 0.05) is 19.1 Å². The molecule has 1 saturated heterocycles. The van der Waals surface area contributed by atoms with E-state index < -0.39 is 5.60 Å². The molecule has 1 aliphatic carbocycles.